The molecule has 12 heteroatoms. The first-order valence-corrected chi connectivity index (χ1v) is 11.1. The number of rotatable bonds is 9. The Morgan fingerprint density at radius 1 is 0.917 bits per heavy atom. The summed E-state index contributed by atoms with van der Waals surface area (Å²) < 4.78 is 38.2. The molecule has 0 aliphatic rings. The number of nitrogens with one attached hydrogen (secondary N) is 4. The predicted octanol–water partition coefficient (Wildman–Crippen LogP) is 2.24. The number of carbonyl (C=O) groups excluding carboxylic acids is 4. The van der Waals surface area contributed by atoms with Crippen LogP contribution in [0.3, 0.4) is 0 Å². The van der Waals surface area contributed by atoms with E-state index in [9.17, 15) is 32.3 Å². The number of benzene rings is 2. The molecule has 2 aromatic carbocycles. The lowest BCUT2D eigenvalue weighted by Crippen LogP contribution is -2.55. The zero-order chi connectivity index (χ0) is 27.1. The van der Waals surface area contributed by atoms with Gasteiger partial charge in [0, 0.05) is 6.54 Å². The lowest BCUT2D eigenvalue weighted by atomic mass is 10.0. The number of alkyl halides is 3. The van der Waals surface area contributed by atoms with E-state index in [0.29, 0.717) is 0 Å². The predicted molar refractivity (Wildman–Crippen MR) is 125 cm³/mol. The summed E-state index contributed by atoms with van der Waals surface area (Å²) in [5.41, 5.74) is 2.04. The minimum atomic E-state index is -5.28. The van der Waals surface area contributed by atoms with E-state index < -0.39 is 53.9 Å². The van der Waals surface area contributed by atoms with Gasteiger partial charge in [-0.2, -0.15) is 13.2 Å². The van der Waals surface area contributed by atoms with Crippen LogP contribution in [0.1, 0.15) is 39.7 Å². The third-order valence-electron chi connectivity index (χ3n) is 4.82. The SMILES string of the molecule is C[C@H](NC(=O)[C@H](CC(=O)NOC(C)(C)C)NC(=O)C(F)(F)F)C(=O)NCc1cccc2ccccc12. The summed E-state index contributed by atoms with van der Waals surface area (Å²) in [7, 11) is 0. The van der Waals surface area contributed by atoms with E-state index in [4.69, 9.17) is 4.84 Å². The number of amides is 4. The van der Waals surface area contributed by atoms with Crippen molar-refractivity contribution >= 4 is 34.4 Å². The molecule has 0 fully saturated rings. The lowest BCUT2D eigenvalue weighted by Gasteiger charge is -2.23. The summed E-state index contributed by atoms with van der Waals surface area (Å²) in [4.78, 5) is 53.7. The number of hydrogen-bond acceptors (Lipinski definition) is 5. The van der Waals surface area contributed by atoms with Crippen molar-refractivity contribution in [2.75, 3.05) is 0 Å². The van der Waals surface area contributed by atoms with Gasteiger partial charge in [0.05, 0.1) is 12.0 Å². The van der Waals surface area contributed by atoms with E-state index in [1.165, 1.54) is 12.2 Å². The molecule has 0 unspecified atom stereocenters. The quantitative estimate of drug-likeness (QED) is 0.385. The van der Waals surface area contributed by atoms with E-state index in [-0.39, 0.29) is 6.54 Å². The van der Waals surface area contributed by atoms with Crippen molar-refractivity contribution in [2.24, 2.45) is 0 Å². The molecule has 0 aliphatic heterocycles. The molecular weight excluding hydrogens is 481 g/mol. The Morgan fingerprint density at radius 3 is 2.19 bits per heavy atom. The van der Waals surface area contributed by atoms with Crippen LogP contribution in [-0.4, -0.2) is 47.5 Å². The lowest BCUT2D eigenvalue weighted by molar-refractivity contribution is -0.175. The summed E-state index contributed by atoms with van der Waals surface area (Å²) in [5, 5.41) is 8.28. The fourth-order valence-electron chi connectivity index (χ4n) is 3.05. The van der Waals surface area contributed by atoms with Gasteiger partial charge in [0.2, 0.25) is 17.7 Å². The van der Waals surface area contributed by atoms with Crippen LogP contribution in [0.2, 0.25) is 0 Å². The van der Waals surface area contributed by atoms with Crippen molar-refractivity contribution in [3.05, 3.63) is 48.0 Å². The van der Waals surface area contributed by atoms with Crippen LogP contribution in [0.15, 0.2) is 42.5 Å². The van der Waals surface area contributed by atoms with Gasteiger partial charge in [0.25, 0.3) is 0 Å². The largest absolute Gasteiger partial charge is 0.471 e. The third-order valence-corrected chi connectivity index (χ3v) is 4.82. The zero-order valence-electron chi connectivity index (χ0n) is 20.3. The first-order valence-electron chi connectivity index (χ1n) is 11.1. The van der Waals surface area contributed by atoms with Crippen molar-refractivity contribution in [1.82, 2.24) is 21.4 Å². The fraction of sp³-hybridized carbons (Fsp3) is 0.417. The Morgan fingerprint density at radius 2 is 1.56 bits per heavy atom. The highest BCUT2D eigenvalue weighted by Crippen LogP contribution is 2.18. The van der Waals surface area contributed by atoms with Gasteiger partial charge in [0.1, 0.15) is 12.1 Å². The van der Waals surface area contributed by atoms with Crippen molar-refractivity contribution < 1.29 is 37.2 Å². The van der Waals surface area contributed by atoms with E-state index in [1.54, 1.807) is 20.8 Å². The molecule has 2 aromatic rings. The van der Waals surface area contributed by atoms with Crippen LogP contribution in [0.5, 0.6) is 0 Å². The van der Waals surface area contributed by atoms with Gasteiger partial charge in [-0.3, -0.25) is 24.0 Å². The van der Waals surface area contributed by atoms with Gasteiger partial charge in [-0.15, -0.1) is 0 Å². The van der Waals surface area contributed by atoms with Crippen LogP contribution >= 0.6 is 0 Å². The van der Waals surface area contributed by atoms with Gasteiger partial charge in [-0.05, 0) is 44.0 Å². The summed E-state index contributed by atoms with van der Waals surface area (Å²) in [6, 6.07) is 10.0. The average molecular weight is 511 g/mol. The van der Waals surface area contributed by atoms with Gasteiger partial charge in [-0.25, -0.2) is 5.48 Å². The van der Waals surface area contributed by atoms with E-state index in [2.05, 4.69) is 10.6 Å². The number of carbonyl (C=O) groups is 4. The Hall–Kier alpha value is -3.67. The molecule has 196 valence electrons. The summed E-state index contributed by atoms with van der Waals surface area (Å²) in [6.45, 7) is 6.30. The molecule has 9 nitrogen and oxygen atoms in total. The first kappa shape index (κ1) is 28.6. The highest BCUT2D eigenvalue weighted by atomic mass is 19.4. The second kappa shape index (κ2) is 11.8. The smallest absolute Gasteiger partial charge is 0.350 e. The minimum Gasteiger partial charge on any atom is -0.350 e. The Kier molecular flexibility index (Phi) is 9.40. The van der Waals surface area contributed by atoms with Gasteiger partial charge < -0.3 is 16.0 Å². The second-order valence-corrected chi connectivity index (χ2v) is 9.05. The number of hydrogen-bond donors (Lipinski definition) is 4. The maximum absolute atomic E-state index is 12.7. The molecule has 36 heavy (non-hydrogen) atoms. The van der Waals surface area contributed by atoms with Crippen molar-refractivity contribution in [3.63, 3.8) is 0 Å². The van der Waals surface area contributed by atoms with Crippen molar-refractivity contribution in [2.45, 2.75) is 64.5 Å². The number of fused-ring (bicyclic) bond motifs is 1. The van der Waals surface area contributed by atoms with E-state index in [1.807, 2.05) is 47.9 Å². The molecule has 0 aromatic heterocycles. The molecule has 4 amide bonds. The maximum Gasteiger partial charge on any atom is 0.471 e. The molecule has 0 saturated heterocycles. The van der Waals surface area contributed by atoms with E-state index in [0.717, 1.165) is 16.3 Å². The van der Waals surface area contributed by atoms with Gasteiger partial charge >= 0.3 is 12.1 Å². The molecular formula is C24H29F3N4O5. The van der Waals surface area contributed by atoms with Crippen LogP contribution in [0.4, 0.5) is 13.2 Å². The molecule has 0 spiro atoms. The first-order chi connectivity index (χ1) is 16.7. The molecule has 4 N–H and O–H groups in total. The Labute approximate surface area is 206 Å². The Bertz CT molecular complexity index is 1110. The average Bonchev–Trinajstić information content (AvgIpc) is 2.79. The van der Waals surface area contributed by atoms with Crippen LogP contribution in [-0.2, 0) is 30.6 Å². The standard InChI is InChI=1S/C24H29F3N4O5/c1-14(20(33)28-13-16-10-7-9-15-8-5-6-11-17(15)16)29-21(34)18(30-22(35)24(25,26)27)12-19(32)31-36-23(2,3)4/h5-11,14,18H,12-13H2,1-4H3,(H,28,33)(H,29,34)(H,30,35)(H,31,32)/t14-,18-/m0/s1. The molecule has 0 aliphatic carbocycles. The second-order valence-electron chi connectivity index (χ2n) is 9.05. The molecule has 0 heterocycles. The van der Waals surface area contributed by atoms with E-state index >= 15 is 0 Å². The summed E-state index contributed by atoms with van der Waals surface area (Å²) in [5.74, 6) is -5.11. The molecule has 0 radical (unpaired) electrons. The summed E-state index contributed by atoms with van der Waals surface area (Å²) in [6.07, 6.45) is -6.13. The molecule has 2 atom stereocenters. The van der Waals surface area contributed by atoms with Crippen LogP contribution in [0.25, 0.3) is 10.8 Å². The number of hydroxylamine groups is 1. The molecule has 0 bridgehead atoms. The monoisotopic (exact) mass is 510 g/mol. The van der Waals surface area contributed by atoms with Gasteiger partial charge in [-0.1, -0.05) is 42.5 Å². The van der Waals surface area contributed by atoms with Crippen molar-refractivity contribution in [1.29, 1.82) is 0 Å². The maximum atomic E-state index is 12.7. The molecule has 0 saturated carbocycles. The third kappa shape index (κ3) is 8.84. The minimum absolute atomic E-state index is 0.140. The zero-order valence-corrected chi connectivity index (χ0v) is 20.3. The Balaban J connectivity index is 2.03. The van der Waals surface area contributed by atoms with Crippen molar-refractivity contribution in [3.8, 4) is 0 Å². The van der Waals surface area contributed by atoms with Gasteiger partial charge in [0.15, 0.2) is 0 Å². The highest BCUT2D eigenvalue weighted by molar-refractivity contribution is 5.95. The normalized spacial score (nSPS) is 13.4. The fourth-order valence-corrected chi connectivity index (χ4v) is 3.05. The van der Waals surface area contributed by atoms with Crippen LogP contribution in [0, 0.1) is 0 Å². The van der Waals surface area contributed by atoms with Crippen LogP contribution < -0.4 is 21.4 Å². The topological polar surface area (TPSA) is 126 Å². The highest BCUT2D eigenvalue weighted by Gasteiger charge is 2.41. The molecule has 2 rings (SSSR count). The summed E-state index contributed by atoms with van der Waals surface area (Å²) >= 11 is 0. The number of halogens is 3.